The number of anilines is 1. The molecule has 1 fully saturated rings. The number of nitrogens with one attached hydrogen (secondary N) is 3. The van der Waals surface area contributed by atoms with Crippen LogP contribution in [-0.2, 0) is 9.53 Å². The largest absolute Gasteiger partial charge is 0.484 e. The first-order valence-electron chi connectivity index (χ1n) is 9.45. The van der Waals surface area contributed by atoms with Gasteiger partial charge in [-0.1, -0.05) is 18.2 Å². The van der Waals surface area contributed by atoms with Crippen LogP contribution < -0.4 is 20.8 Å². The van der Waals surface area contributed by atoms with Crippen molar-refractivity contribution in [3.05, 3.63) is 60.2 Å². The molecule has 3 rings (SSSR count). The lowest BCUT2D eigenvalue weighted by Crippen LogP contribution is -2.35. The number of thiocarbonyl (C=S) groups is 1. The summed E-state index contributed by atoms with van der Waals surface area (Å²) in [5, 5.41) is 10.4. The van der Waals surface area contributed by atoms with Crippen LogP contribution in [0.3, 0.4) is 0 Å². The lowest BCUT2D eigenvalue weighted by Gasteiger charge is -2.11. The van der Waals surface area contributed by atoms with E-state index in [1.54, 1.807) is 18.3 Å². The second-order valence-corrected chi connectivity index (χ2v) is 6.90. The minimum atomic E-state index is -0.158. The highest BCUT2D eigenvalue weighted by molar-refractivity contribution is 7.80. The summed E-state index contributed by atoms with van der Waals surface area (Å²) >= 11 is 5.19. The number of ether oxygens (including phenoxy) is 2. The Morgan fingerprint density at radius 1 is 1.21 bits per heavy atom. The van der Waals surface area contributed by atoms with E-state index in [-0.39, 0.29) is 18.6 Å². The van der Waals surface area contributed by atoms with Crippen molar-refractivity contribution in [2.75, 3.05) is 25.1 Å². The smallest absolute Gasteiger partial charge is 0.258 e. The van der Waals surface area contributed by atoms with Crippen LogP contribution in [0.2, 0.25) is 0 Å². The van der Waals surface area contributed by atoms with E-state index in [4.69, 9.17) is 21.7 Å². The Hall–Kier alpha value is -2.97. The molecule has 0 bridgehead atoms. The van der Waals surface area contributed by atoms with Gasteiger partial charge in [-0.3, -0.25) is 10.2 Å². The molecule has 8 heteroatoms. The van der Waals surface area contributed by atoms with Gasteiger partial charge in [-0.15, -0.1) is 0 Å². The minimum absolute atomic E-state index is 0.0266. The fraction of sp³-hybridized carbons (Fsp3) is 0.286. The Bertz CT molecular complexity index is 822. The second kappa shape index (κ2) is 11.1. The number of carbonyl (C=O) groups is 1. The predicted molar refractivity (Wildman–Crippen MR) is 117 cm³/mol. The first-order chi connectivity index (χ1) is 14.2. The van der Waals surface area contributed by atoms with Gasteiger partial charge in [-0.2, -0.15) is 5.10 Å². The Balaban J connectivity index is 1.36. The minimum Gasteiger partial charge on any atom is -0.484 e. The molecule has 0 unspecified atom stereocenters. The van der Waals surface area contributed by atoms with Gasteiger partial charge in [0.15, 0.2) is 11.7 Å². The Kier molecular flexibility index (Phi) is 7.97. The zero-order valence-electron chi connectivity index (χ0n) is 16.0. The summed E-state index contributed by atoms with van der Waals surface area (Å²) in [5.41, 5.74) is 4.53. The van der Waals surface area contributed by atoms with Gasteiger partial charge in [0.2, 0.25) is 0 Å². The van der Waals surface area contributed by atoms with Crippen molar-refractivity contribution in [1.82, 2.24) is 10.7 Å². The number of benzene rings is 2. The van der Waals surface area contributed by atoms with E-state index in [2.05, 4.69) is 21.2 Å². The van der Waals surface area contributed by atoms with Crippen molar-refractivity contribution in [3.63, 3.8) is 0 Å². The van der Waals surface area contributed by atoms with Crippen LogP contribution in [0.25, 0.3) is 0 Å². The maximum absolute atomic E-state index is 11.8. The molecular weight excluding hydrogens is 388 g/mol. The van der Waals surface area contributed by atoms with Crippen molar-refractivity contribution in [3.8, 4) is 5.75 Å². The highest BCUT2D eigenvalue weighted by Crippen LogP contribution is 2.12. The molecule has 1 heterocycles. The lowest BCUT2D eigenvalue weighted by molar-refractivity contribution is -0.123. The van der Waals surface area contributed by atoms with Crippen molar-refractivity contribution < 1.29 is 14.3 Å². The quantitative estimate of drug-likeness (QED) is 0.351. The van der Waals surface area contributed by atoms with Gasteiger partial charge in [0.05, 0.1) is 12.3 Å². The summed E-state index contributed by atoms with van der Waals surface area (Å²) < 4.78 is 11.0. The fourth-order valence-corrected chi connectivity index (χ4v) is 2.90. The molecule has 1 aliphatic heterocycles. The van der Waals surface area contributed by atoms with Gasteiger partial charge in [0.25, 0.3) is 5.91 Å². The highest BCUT2D eigenvalue weighted by atomic mass is 32.1. The molecule has 1 amide bonds. The molecule has 3 N–H and O–H groups in total. The van der Waals surface area contributed by atoms with E-state index in [1.807, 2.05) is 42.5 Å². The third-order valence-electron chi connectivity index (χ3n) is 4.21. The maximum Gasteiger partial charge on any atom is 0.258 e. The van der Waals surface area contributed by atoms with Gasteiger partial charge in [0.1, 0.15) is 5.75 Å². The highest BCUT2D eigenvalue weighted by Gasteiger charge is 2.16. The van der Waals surface area contributed by atoms with Gasteiger partial charge in [-0.05, 0) is 67.0 Å². The Morgan fingerprint density at radius 3 is 2.72 bits per heavy atom. The molecule has 1 aliphatic rings. The molecule has 0 spiro atoms. The van der Waals surface area contributed by atoms with E-state index in [0.29, 0.717) is 17.4 Å². The van der Waals surface area contributed by atoms with Gasteiger partial charge < -0.3 is 20.1 Å². The Labute approximate surface area is 175 Å². The molecule has 2 aromatic carbocycles. The zero-order chi connectivity index (χ0) is 20.3. The standard InChI is InChI=1S/C21H24N4O3S/c26-20(22-14-19-7-4-12-27-19)15-28-18-10-8-16(9-11-18)13-23-25-21(29)24-17-5-2-1-3-6-17/h1-3,5-6,8-11,13,19H,4,7,12,14-15H2,(H,22,26)(H2,24,25,29)/b23-13-/t19-/m1/s1. The number of amides is 1. The van der Waals surface area contributed by atoms with Crippen LogP contribution in [0.15, 0.2) is 59.7 Å². The van der Waals surface area contributed by atoms with Crippen LogP contribution in [0, 0.1) is 0 Å². The number of rotatable bonds is 8. The number of hydrazone groups is 1. The molecule has 0 aromatic heterocycles. The average Bonchev–Trinajstić information content (AvgIpc) is 3.26. The van der Waals surface area contributed by atoms with E-state index in [9.17, 15) is 4.79 Å². The third-order valence-corrected chi connectivity index (χ3v) is 4.41. The predicted octanol–water partition coefficient (Wildman–Crippen LogP) is 2.68. The zero-order valence-corrected chi connectivity index (χ0v) is 16.8. The topological polar surface area (TPSA) is 84.0 Å². The first kappa shape index (κ1) is 20.8. The maximum atomic E-state index is 11.8. The Morgan fingerprint density at radius 2 is 2.00 bits per heavy atom. The number of para-hydroxylation sites is 1. The van der Waals surface area contributed by atoms with E-state index in [1.165, 1.54) is 0 Å². The second-order valence-electron chi connectivity index (χ2n) is 6.49. The summed E-state index contributed by atoms with van der Waals surface area (Å²) in [5.74, 6) is 0.457. The number of hydrogen-bond acceptors (Lipinski definition) is 5. The van der Waals surface area contributed by atoms with Crippen LogP contribution in [-0.4, -0.2) is 43.1 Å². The molecule has 0 aliphatic carbocycles. The SMILES string of the molecule is O=C(COc1ccc(/C=N\NC(=S)Nc2ccccc2)cc1)NC[C@H]1CCCO1. The van der Waals surface area contributed by atoms with Crippen molar-refractivity contribution >= 4 is 35.1 Å². The van der Waals surface area contributed by atoms with Crippen LogP contribution in [0.1, 0.15) is 18.4 Å². The molecule has 0 saturated carbocycles. The molecule has 7 nitrogen and oxygen atoms in total. The fourth-order valence-electron chi connectivity index (χ4n) is 2.73. The molecular formula is C21H24N4O3S. The van der Waals surface area contributed by atoms with E-state index < -0.39 is 0 Å². The molecule has 0 radical (unpaired) electrons. The molecule has 29 heavy (non-hydrogen) atoms. The average molecular weight is 413 g/mol. The first-order valence-corrected chi connectivity index (χ1v) is 9.86. The van der Waals surface area contributed by atoms with Gasteiger partial charge >= 0.3 is 0 Å². The summed E-state index contributed by atoms with van der Waals surface area (Å²) in [6.07, 6.45) is 3.82. The third kappa shape index (κ3) is 7.52. The lowest BCUT2D eigenvalue weighted by atomic mass is 10.2. The monoisotopic (exact) mass is 412 g/mol. The van der Waals surface area contributed by atoms with Crippen LogP contribution in [0.4, 0.5) is 5.69 Å². The van der Waals surface area contributed by atoms with Gasteiger partial charge in [0, 0.05) is 18.8 Å². The molecule has 1 saturated heterocycles. The number of nitrogens with zero attached hydrogens (tertiary/aromatic N) is 1. The van der Waals surface area contributed by atoms with Crippen molar-refractivity contribution in [2.24, 2.45) is 5.10 Å². The van der Waals surface area contributed by atoms with E-state index in [0.717, 1.165) is 30.7 Å². The number of carbonyl (C=O) groups excluding carboxylic acids is 1. The van der Waals surface area contributed by atoms with Crippen molar-refractivity contribution in [1.29, 1.82) is 0 Å². The summed E-state index contributed by atoms with van der Waals surface area (Å²) in [4.78, 5) is 11.8. The van der Waals surface area contributed by atoms with Crippen LogP contribution in [0.5, 0.6) is 5.75 Å². The van der Waals surface area contributed by atoms with Crippen LogP contribution >= 0.6 is 12.2 Å². The normalized spacial score (nSPS) is 15.8. The summed E-state index contributed by atoms with van der Waals surface area (Å²) in [6.45, 7) is 1.28. The molecule has 152 valence electrons. The summed E-state index contributed by atoms with van der Waals surface area (Å²) in [6, 6.07) is 16.9. The summed E-state index contributed by atoms with van der Waals surface area (Å²) in [7, 11) is 0. The van der Waals surface area contributed by atoms with E-state index >= 15 is 0 Å². The molecule has 2 aromatic rings. The van der Waals surface area contributed by atoms with Gasteiger partial charge in [-0.25, -0.2) is 0 Å². The molecule has 1 atom stereocenters. The number of hydrogen-bond donors (Lipinski definition) is 3. The van der Waals surface area contributed by atoms with Crippen molar-refractivity contribution in [2.45, 2.75) is 18.9 Å².